The number of amides is 1. The first-order chi connectivity index (χ1) is 8.09. The molecule has 1 fully saturated rings. The summed E-state index contributed by atoms with van der Waals surface area (Å²) in [5.74, 6) is -0.227. The molecule has 1 aromatic rings. The molecule has 1 aromatic heterocycles. The molecule has 0 aromatic carbocycles. The molecule has 5 heteroatoms. The summed E-state index contributed by atoms with van der Waals surface area (Å²) < 4.78 is 5.46. The van der Waals surface area contributed by atoms with E-state index in [2.05, 4.69) is 4.98 Å². The van der Waals surface area contributed by atoms with Crippen LogP contribution < -0.4 is 5.56 Å². The van der Waals surface area contributed by atoms with Crippen molar-refractivity contribution in [3.05, 3.63) is 34.2 Å². The normalized spacial score (nSPS) is 24.7. The Balaban J connectivity index is 2.25. The topological polar surface area (TPSA) is 62.4 Å². The van der Waals surface area contributed by atoms with Gasteiger partial charge in [0.2, 0.25) is 0 Å². The van der Waals surface area contributed by atoms with Gasteiger partial charge >= 0.3 is 0 Å². The van der Waals surface area contributed by atoms with E-state index >= 15 is 0 Å². The highest BCUT2D eigenvalue weighted by Crippen LogP contribution is 2.13. The number of carbonyl (C=O) groups is 1. The zero-order valence-electron chi connectivity index (χ0n) is 9.97. The first-order valence-electron chi connectivity index (χ1n) is 5.70. The Bertz CT molecular complexity index is 469. The van der Waals surface area contributed by atoms with Crippen molar-refractivity contribution in [2.24, 2.45) is 0 Å². The smallest absolute Gasteiger partial charge is 0.260 e. The van der Waals surface area contributed by atoms with Crippen LogP contribution in [0.2, 0.25) is 0 Å². The number of rotatable bonds is 1. The van der Waals surface area contributed by atoms with Gasteiger partial charge in [0.05, 0.1) is 18.8 Å². The van der Waals surface area contributed by atoms with Gasteiger partial charge in [0, 0.05) is 12.7 Å². The fourth-order valence-electron chi connectivity index (χ4n) is 1.93. The van der Waals surface area contributed by atoms with Crippen molar-refractivity contribution in [3.63, 3.8) is 0 Å². The molecule has 2 heterocycles. The van der Waals surface area contributed by atoms with Gasteiger partial charge in [-0.15, -0.1) is 0 Å². The molecule has 2 atom stereocenters. The zero-order valence-corrected chi connectivity index (χ0v) is 9.97. The number of carbonyl (C=O) groups excluding carboxylic acids is 1. The Morgan fingerprint density at radius 2 is 2.29 bits per heavy atom. The summed E-state index contributed by atoms with van der Waals surface area (Å²) >= 11 is 0. The van der Waals surface area contributed by atoms with Crippen LogP contribution in [0.4, 0.5) is 0 Å². The third-order valence-electron chi connectivity index (χ3n) is 2.92. The van der Waals surface area contributed by atoms with Gasteiger partial charge in [-0.2, -0.15) is 0 Å². The molecule has 2 unspecified atom stereocenters. The van der Waals surface area contributed by atoms with Gasteiger partial charge < -0.3 is 14.6 Å². The van der Waals surface area contributed by atoms with Crippen molar-refractivity contribution in [2.75, 3.05) is 13.2 Å². The molecule has 1 aliphatic heterocycles. The molecular weight excluding hydrogens is 220 g/mol. The Morgan fingerprint density at radius 1 is 1.53 bits per heavy atom. The van der Waals surface area contributed by atoms with Gasteiger partial charge in [0.25, 0.3) is 11.5 Å². The molecule has 0 aliphatic carbocycles. The first-order valence-corrected chi connectivity index (χ1v) is 5.70. The number of H-pyrrole nitrogens is 1. The van der Waals surface area contributed by atoms with Crippen molar-refractivity contribution < 1.29 is 9.53 Å². The molecule has 1 aliphatic rings. The van der Waals surface area contributed by atoms with Crippen LogP contribution in [0, 0.1) is 0 Å². The maximum atomic E-state index is 12.2. The lowest BCUT2D eigenvalue weighted by molar-refractivity contribution is -0.0387. The molecule has 0 bridgehead atoms. The van der Waals surface area contributed by atoms with E-state index in [-0.39, 0.29) is 29.2 Å². The highest BCUT2D eigenvalue weighted by Gasteiger charge is 2.29. The summed E-state index contributed by atoms with van der Waals surface area (Å²) in [6.07, 6.45) is 1.53. The maximum Gasteiger partial charge on any atom is 0.260 e. The molecule has 1 amide bonds. The number of aromatic amines is 1. The second-order valence-electron chi connectivity index (χ2n) is 4.36. The standard InChI is InChI=1S/C12H16N2O3/c1-8-7-17-9(2)6-14(8)12(16)10-4-3-5-13-11(10)15/h3-5,8-9H,6-7H2,1-2H3,(H,13,15). The van der Waals surface area contributed by atoms with Crippen molar-refractivity contribution in [1.29, 1.82) is 0 Å². The first kappa shape index (κ1) is 11.9. The van der Waals surface area contributed by atoms with Crippen LogP contribution in [0.3, 0.4) is 0 Å². The molecule has 0 saturated carbocycles. The van der Waals surface area contributed by atoms with E-state index in [9.17, 15) is 9.59 Å². The minimum absolute atomic E-state index is 0.00157. The molecule has 2 rings (SSSR count). The minimum Gasteiger partial charge on any atom is -0.375 e. The summed E-state index contributed by atoms with van der Waals surface area (Å²) in [5, 5.41) is 0. The molecule has 1 N–H and O–H groups in total. The fourth-order valence-corrected chi connectivity index (χ4v) is 1.93. The van der Waals surface area contributed by atoms with Crippen LogP contribution in [-0.2, 0) is 4.74 Å². The highest BCUT2D eigenvalue weighted by molar-refractivity contribution is 5.94. The second kappa shape index (κ2) is 4.71. The summed E-state index contributed by atoms with van der Waals surface area (Å²) in [6.45, 7) is 4.87. The number of aromatic nitrogens is 1. The highest BCUT2D eigenvalue weighted by atomic mass is 16.5. The van der Waals surface area contributed by atoms with Crippen LogP contribution in [-0.4, -0.2) is 41.1 Å². The van der Waals surface area contributed by atoms with Gasteiger partial charge in [0.1, 0.15) is 5.56 Å². The van der Waals surface area contributed by atoms with E-state index in [1.165, 1.54) is 6.20 Å². The van der Waals surface area contributed by atoms with E-state index in [1.54, 1.807) is 17.0 Å². The van der Waals surface area contributed by atoms with Crippen LogP contribution in [0.1, 0.15) is 24.2 Å². The third kappa shape index (κ3) is 2.39. The van der Waals surface area contributed by atoms with Gasteiger partial charge in [-0.3, -0.25) is 9.59 Å². The molecule has 1 saturated heterocycles. The number of hydrogen-bond acceptors (Lipinski definition) is 3. The van der Waals surface area contributed by atoms with Crippen LogP contribution in [0.5, 0.6) is 0 Å². The Morgan fingerprint density at radius 3 is 3.00 bits per heavy atom. The van der Waals surface area contributed by atoms with Gasteiger partial charge in [-0.25, -0.2) is 0 Å². The van der Waals surface area contributed by atoms with Crippen molar-refractivity contribution in [1.82, 2.24) is 9.88 Å². The number of ether oxygens (including phenoxy) is 1. The van der Waals surface area contributed by atoms with Crippen LogP contribution >= 0.6 is 0 Å². The maximum absolute atomic E-state index is 12.2. The Labute approximate surface area is 99.4 Å². The minimum atomic E-state index is -0.344. The van der Waals surface area contributed by atoms with Crippen molar-refractivity contribution in [3.8, 4) is 0 Å². The summed E-state index contributed by atoms with van der Waals surface area (Å²) in [7, 11) is 0. The molecule has 92 valence electrons. The average molecular weight is 236 g/mol. The lowest BCUT2D eigenvalue weighted by Crippen LogP contribution is -2.51. The summed E-state index contributed by atoms with van der Waals surface area (Å²) in [4.78, 5) is 28.0. The van der Waals surface area contributed by atoms with E-state index in [0.717, 1.165) is 0 Å². The van der Waals surface area contributed by atoms with E-state index in [4.69, 9.17) is 4.74 Å². The van der Waals surface area contributed by atoms with Crippen LogP contribution in [0.15, 0.2) is 23.1 Å². The zero-order chi connectivity index (χ0) is 12.4. The molecule has 17 heavy (non-hydrogen) atoms. The van der Waals surface area contributed by atoms with E-state index < -0.39 is 0 Å². The lowest BCUT2D eigenvalue weighted by atomic mass is 10.1. The quantitative estimate of drug-likeness (QED) is 0.777. The van der Waals surface area contributed by atoms with Gasteiger partial charge in [0.15, 0.2) is 0 Å². The molecular formula is C12H16N2O3. The number of nitrogens with one attached hydrogen (secondary N) is 1. The average Bonchev–Trinajstić information content (AvgIpc) is 2.32. The molecule has 0 radical (unpaired) electrons. The largest absolute Gasteiger partial charge is 0.375 e. The number of morpholine rings is 1. The lowest BCUT2D eigenvalue weighted by Gasteiger charge is -2.36. The molecule has 5 nitrogen and oxygen atoms in total. The SMILES string of the molecule is CC1CN(C(=O)c2ccc[nH]c2=O)C(C)CO1. The number of hydrogen-bond donors (Lipinski definition) is 1. The summed E-state index contributed by atoms with van der Waals surface area (Å²) in [6, 6.07) is 3.20. The third-order valence-corrected chi connectivity index (χ3v) is 2.92. The number of pyridine rings is 1. The monoisotopic (exact) mass is 236 g/mol. The molecule has 0 spiro atoms. The van der Waals surface area contributed by atoms with Gasteiger partial charge in [-0.05, 0) is 26.0 Å². The van der Waals surface area contributed by atoms with Crippen molar-refractivity contribution >= 4 is 5.91 Å². The predicted octanol–water partition coefficient (Wildman–Crippen LogP) is 0.624. The van der Waals surface area contributed by atoms with Gasteiger partial charge in [-0.1, -0.05) is 0 Å². The van der Waals surface area contributed by atoms with E-state index in [1.807, 2.05) is 13.8 Å². The fraction of sp³-hybridized carbons (Fsp3) is 0.500. The van der Waals surface area contributed by atoms with Crippen molar-refractivity contribution in [2.45, 2.75) is 26.0 Å². The van der Waals surface area contributed by atoms with E-state index in [0.29, 0.717) is 13.2 Å². The number of nitrogens with zero attached hydrogens (tertiary/aromatic N) is 1. The predicted molar refractivity (Wildman–Crippen MR) is 63.0 cm³/mol. The Kier molecular flexibility index (Phi) is 3.28. The Hall–Kier alpha value is -1.62. The van der Waals surface area contributed by atoms with Crippen LogP contribution in [0.25, 0.3) is 0 Å². The summed E-state index contributed by atoms with van der Waals surface area (Å²) in [5.41, 5.74) is -0.155. The second-order valence-corrected chi connectivity index (χ2v) is 4.36.